The second-order valence-electron chi connectivity index (χ2n) is 6.15. The van der Waals surface area contributed by atoms with Gasteiger partial charge in [-0.1, -0.05) is 28.8 Å². The van der Waals surface area contributed by atoms with E-state index >= 15 is 0 Å². The largest absolute Gasteiger partial charge is 0.341 e. The third kappa shape index (κ3) is 6.27. The first-order valence-electron chi connectivity index (χ1n) is 8.49. The van der Waals surface area contributed by atoms with Crippen LogP contribution in [0.2, 0.25) is 0 Å². The summed E-state index contributed by atoms with van der Waals surface area (Å²) < 4.78 is 28.8. The molecule has 25 heavy (non-hydrogen) atoms. The Morgan fingerprint density at radius 3 is 2.36 bits per heavy atom. The molecule has 140 valence electrons. The summed E-state index contributed by atoms with van der Waals surface area (Å²) in [6, 6.07) is 5.73. The van der Waals surface area contributed by atoms with Gasteiger partial charge in [0.25, 0.3) is 0 Å². The minimum absolute atomic E-state index is 0.100. The number of hydrogen-bond donors (Lipinski definition) is 1. The first kappa shape index (κ1) is 20.7. The van der Waals surface area contributed by atoms with E-state index in [1.54, 1.807) is 23.9 Å². The van der Waals surface area contributed by atoms with Crippen molar-refractivity contribution in [3.63, 3.8) is 0 Å². The van der Waals surface area contributed by atoms with Gasteiger partial charge in [-0.25, -0.2) is 8.42 Å². The number of thioether (sulfide) groups is 1. The first-order valence-corrected chi connectivity index (χ1v) is 12.2. The van der Waals surface area contributed by atoms with Crippen molar-refractivity contribution in [3.05, 3.63) is 28.7 Å². The van der Waals surface area contributed by atoms with E-state index in [2.05, 4.69) is 20.7 Å². The molecule has 2 rings (SSSR count). The summed E-state index contributed by atoms with van der Waals surface area (Å²) in [5.74, 6) is 0.629. The van der Waals surface area contributed by atoms with Gasteiger partial charge >= 0.3 is 0 Å². The maximum Gasteiger partial charge on any atom is 0.241 e. The highest BCUT2D eigenvalue weighted by molar-refractivity contribution is 9.10. The van der Waals surface area contributed by atoms with Gasteiger partial charge in [0.2, 0.25) is 15.9 Å². The molecule has 1 saturated heterocycles. The van der Waals surface area contributed by atoms with Crippen LogP contribution in [0.4, 0.5) is 0 Å². The zero-order valence-corrected chi connectivity index (χ0v) is 17.6. The number of carbonyl (C=O) groups is 1. The Kier molecular flexibility index (Phi) is 8.25. The summed E-state index contributed by atoms with van der Waals surface area (Å²) in [4.78, 5) is 14.9. The highest BCUT2D eigenvalue weighted by atomic mass is 79.9. The van der Waals surface area contributed by atoms with Crippen molar-refractivity contribution < 1.29 is 13.2 Å². The van der Waals surface area contributed by atoms with Crippen LogP contribution in [0.15, 0.2) is 33.6 Å². The van der Waals surface area contributed by atoms with Gasteiger partial charge in [-0.2, -0.15) is 16.5 Å². The van der Waals surface area contributed by atoms with E-state index in [1.165, 1.54) is 12.1 Å². The highest BCUT2D eigenvalue weighted by Gasteiger charge is 2.29. The molecule has 0 aliphatic carbocycles. The molecular formula is C17H25BrN2O3S2. The van der Waals surface area contributed by atoms with E-state index in [9.17, 15) is 13.2 Å². The van der Waals surface area contributed by atoms with Gasteiger partial charge in [-0.3, -0.25) is 4.79 Å². The standard InChI is InChI=1S/C17H25BrN2O3S2/c1-24-13-10-16(17(21)20-11-4-2-3-5-12-20)19-25(22,23)15-8-6-14(18)7-9-15/h6-9,16,19H,2-5,10-13H2,1H3/t16-/m1/s1. The number of nitrogens with one attached hydrogen (secondary N) is 1. The summed E-state index contributed by atoms with van der Waals surface area (Å²) in [7, 11) is -3.73. The van der Waals surface area contributed by atoms with E-state index in [1.807, 2.05) is 11.2 Å². The Hall–Kier alpha value is -0.570. The molecule has 1 aliphatic rings. The van der Waals surface area contributed by atoms with Crippen LogP contribution < -0.4 is 4.72 Å². The quantitative estimate of drug-likeness (QED) is 0.694. The lowest BCUT2D eigenvalue weighted by Crippen LogP contribution is -2.49. The summed E-state index contributed by atoms with van der Waals surface area (Å²) in [5, 5.41) is 0. The molecule has 8 heteroatoms. The maximum absolute atomic E-state index is 12.9. The van der Waals surface area contributed by atoms with Gasteiger partial charge in [0, 0.05) is 17.6 Å². The van der Waals surface area contributed by atoms with E-state index < -0.39 is 16.1 Å². The summed E-state index contributed by atoms with van der Waals surface area (Å²) in [5.41, 5.74) is 0. The SMILES string of the molecule is CSCC[C@@H](NS(=O)(=O)c1ccc(Br)cc1)C(=O)N1CCCCCC1. The molecule has 1 fully saturated rings. The van der Waals surface area contributed by atoms with Gasteiger partial charge in [0.1, 0.15) is 6.04 Å². The molecule has 1 aromatic carbocycles. The summed E-state index contributed by atoms with van der Waals surface area (Å²) in [6.45, 7) is 1.43. The topological polar surface area (TPSA) is 66.5 Å². The van der Waals surface area contributed by atoms with Gasteiger partial charge < -0.3 is 4.90 Å². The molecule has 1 heterocycles. The van der Waals surface area contributed by atoms with Gasteiger partial charge in [0.15, 0.2) is 0 Å². The molecule has 0 aromatic heterocycles. The molecule has 0 unspecified atom stereocenters. The predicted molar refractivity (Wildman–Crippen MR) is 106 cm³/mol. The second kappa shape index (κ2) is 9.94. The normalized spacial score (nSPS) is 17.1. The third-order valence-electron chi connectivity index (χ3n) is 4.25. The molecule has 1 aromatic rings. The zero-order valence-electron chi connectivity index (χ0n) is 14.4. The van der Waals surface area contributed by atoms with Crippen LogP contribution in [0.1, 0.15) is 32.1 Å². The minimum Gasteiger partial charge on any atom is -0.341 e. The van der Waals surface area contributed by atoms with Crippen LogP contribution in [0.25, 0.3) is 0 Å². The van der Waals surface area contributed by atoms with Crippen molar-refractivity contribution in [1.29, 1.82) is 0 Å². The lowest BCUT2D eigenvalue weighted by atomic mass is 10.2. The summed E-state index contributed by atoms with van der Waals surface area (Å²) in [6.07, 6.45) is 6.68. The number of sulfonamides is 1. The second-order valence-corrected chi connectivity index (χ2v) is 9.76. The molecule has 0 bridgehead atoms. The van der Waals surface area contributed by atoms with Gasteiger partial charge in [-0.05, 0) is 55.5 Å². The lowest BCUT2D eigenvalue weighted by Gasteiger charge is -2.26. The Morgan fingerprint density at radius 1 is 1.20 bits per heavy atom. The fraction of sp³-hybridized carbons (Fsp3) is 0.588. The lowest BCUT2D eigenvalue weighted by molar-refractivity contribution is -0.133. The minimum atomic E-state index is -3.73. The molecule has 1 atom stereocenters. The number of amides is 1. The van der Waals surface area contributed by atoms with E-state index in [0.29, 0.717) is 19.5 Å². The number of likely N-dealkylation sites (tertiary alicyclic amines) is 1. The molecule has 0 spiro atoms. The fourth-order valence-electron chi connectivity index (χ4n) is 2.85. The van der Waals surface area contributed by atoms with Crippen molar-refractivity contribution >= 4 is 43.6 Å². The molecule has 1 aliphatic heterocycles. The Bertz CT molecular complexity index is 657. The first-order chi connectivity index (χ1) is 11.9. The monoisotopic (exact) mass is 448 g/mol. The van der Waals surface area contributed by atoms with E-state index in [0.717, 1.165) is 35.9 Å². The van der Waals surface area contributed by atoms with Crippen LogP contribution in [0.5, 0.6) is 0 Å². The smallest absolute Gasteiger partial charge is 0.241 e. The number of rotatable bonds is 7. The van der Waals surface area contributed by atoms with Crippen LogP contribution in [-0.2, 0) is 14.8 Å². The van der Waals surface area contributed by atoms with Crippen molar-refractivity contribution in [2.24, 2.45) is 0 Å². The number of benzene rings is 1. The molecule has 0 saturated carbocycles. The van der Waals surface area contributed by atoms with Crippen molar-refractivity contribution in [1.82, 2.24) is 9.62 Å². The third-order valence-corrected chi connectivity index (χ3v) is 6.91. The van der Waals surface area contributed by atoms with Crippen molar-refractivity contribution in [3.8, 4) is 0 Å². The molecule has 5 nitrogen and oxygen atoms in total. The molecular weight excluding hydrogens is 424 g/mol. The Morgan fingerprint density at radius 2 is 1.80 bits per heavy atom. The van der Waals surface area contributed by atoms with Crippen molar-refractivity contribution in [2.75, 3.05) is 25.1 Å². The average molecular weight is 449 g/mol. The molecule has 1 amide bonds. The van der Waals surface area contributed by atoms with E-state index in [4.69, 9.17) is 0 Å². The van der Waals surface area contributed by atoms with Crippen LogP contribution in [0, 0.1) is 0 Å². The maximum atomic E-state index is 12.9. The summed E-state index contributed by atoms with van der Waals surface area (Å²) >= 11 is 4.91. The Labute approximate surface area is 163 Å². The van der Waals surface area contributed by atoms with Gasteiger partial charge in [-0.15, -0.1) is 0 Å². The molecule has 1 N–H and O–H groups in total. The molecule has 0 radical (unpaired) electrons. The Balaban J connectivity index is 2.15. The fourth-order valence-corrected chi connectivity index (χ4v) is 4.81. The predicted octanol–water partition coefficient (Wildman–Crippen LogP) is 3.25. The van der Waals surface area contributed by atoms with Crippen LogP contribution >= 0.6 is 27.7 Å². The van der Waals surface area contributed by atoms with Crippen molar-refractivity contribution in [2.45, 2.75) is 43.0 Å². The number of halogens is 1. The van der Waals surface area contributed by atoms with Crippen LogP contribution in [0.3, 0.4) is 0 Å². The number of carbonyl (C=O) groups excluding carboxylic acids is 1. The zero-order chi connectivity index (χ0) is 18.3. The highest BCUT2D eigenvalue weighted by Crippen LogP contribution is 2.17. The number of nitrogens with zero attached hydrogens (tertiary/aromatic N) is 1. The average Bonchev–Trinajstić information content (AvgIpc) is 2.87. The van der Waals surface area contributed by atoms with E-state index in [-0.39, 0.29) is 10.8 Å². The van der Waals surface area contributed by atoms with Gasteiger partial charge in [0.05, 0.1) is 4.90 Å². The van der Waals surface area contributed by atoms with Crippen LogP contribution in [-0.4, -0.2) is 50.4 Å². The number of hydrogen-bond acceptors (Lipinski definition) is 4.